The monoisotopic (exact) mass is 338 g/mol. The topological polar surface area (TPSA) is 83.6 Å². The van der Waals surface area contributed by atoms with Gasteiger partial charge in [-0.25, -0.2) is 0 Å². The third-order valence-corrected chi connectivity index (χ3v) is 5.02. The van der Waals surface area contributed by atoms with Gasteiger partial charge in [0.2, 0.25) is 0 Å². The standard InChI is InChI=1S/C22H18N4/c23-21-17(15-3-1-13-7-9-25-19(13)11-15)5-6-18(22(21)24)16-4-2-14-8-10-26-20(14)12-16/h1-12,25-26H,23-24H2. The predicted molar refractivity (Wildman–Crippen MR) is 110 cm³/mol. The number of H-pyrrole nitrogens is 2. The van der Waals surface area contributed by atoms with E-state index in [2.05, 4.69) is 58.5 Å². The molecule has 0 atom stereocenters. The number of fused-ring (bicyclic) bond motifs is 2. The lowest BCUT2D eigenvalue weighted by atomic mass is 9.95. The average Bonchev–Trinajstić information content (AvgIpc) is 3.31. The molecule has 2 aromatic heterocycles. The molecular formula is C22H18N4. The second-order valence-electron chi connectivity index (χ2n) is 6.55. The normalized spacial score (nSPS) is 11.4. The lowest BCUT2D eigenvalue weighted by molar-refractivity contribution is 1.47. The van der Waals surface area contributed by atoms with Gasteiger partial charge in [0.1, 0.15) is 0 Å². The molecule has 2 heterocycles. The molecule has 0 aliphatic rings. The highest BCUT2D eigenvalue weighted by molar-refractivity contribution is 5.97. The number of rotatable bonds is 2. The van der Waals surface area contributed by atoms with Crippen molar-refractivity contribution >= 4 is 33.2 Å². The molecule has 0 unspecified atom stereocenters. The van der Waals surface area contributed by atoms with Crippen molar-refractivity contribution in [3.63, 3.8) is 0 Å². The van der Waals surface area contributed by atoms with Crippen molar-refractivity contribution in [1.82, 2.24) is 9.97 Å². The predicted octanol–water partition coefficient (Wildman–Crippen LogP) is 5.15. The van der Waals surface area contributed by atoms with E-state index in [1.54, 1.807) is 0 Å². The first-order valence-corrected chi connectivity index (χ1v) is 8.54. The van der Waals surface area contributed by atoms with Gasteiger partial charge in [0.25, 0.3) is 0 Å². The fourth-order valence-corrected chi connectivity index (χ4v) is 3.57. The quantitative estimate of drug-likeness (QED) is 0.336. The van der Waals surface area contributed by atoms with Crippen LogP contribution in [0.1, 0.15) is 0 Å². The number of hydrogen-bond donors (Lipinski definition) is 4. The molecule has 26 heavy (non-hydrogen) atoms. The van der Waals surface area contributed by atoms with E-state index in [0.29, 0.717) is 11.4 Å². The zero-order chi connectivity index (χ0) is 17.7. The van der Waals surface area contributed by atoms with Crippen LogP contribution in [0.2, 0.25) is 0 Å². The SMILES string of the molecule is Nc1c(-c2ccc3cc[nH]c3c2)ccc(-c2ccc3cc[nH]c3c2)c1N. The Balaban J connectivity index is 1.64. The van der Waals surface area contributed by atoms with Crippen molar-refractivity contribution in [2.75, 3.05) is 11.5 Å². The zero-order valence-electron chi connectivity index (χ0n) is 14.1. The van der Waals surface area contributed by atoms with Gasteiger partial charge < -0.3 is 21.4 Å². The van der Waals surface area contributed by atoms with E-state index >= 15 is 0 Å². The minimum absolute atomic E-state index is 0.611. The first kappa shape index (κ1) is 14.7. The van der Waals surface area contributed by atoms with Gasteiger partial charge in [-0.05, 0) is 46.2 Å². The molecule has 0 saturated carbocycles. The summed E-state index contributed by atoms with van der Waals surface area (Å²) in [7, 11) is 0. The van der Waals surface area contributed by atoms with Crippen molar-refractivity contribution in [2.24, 2.45) is 0 Å². The molecule has 5 rings (SSSR count). The molecule has 4 heteroatoms. The second kappa shape index (κ2) is 5.43. The fourth-order valence-electron chi connectivity index (χ4n) is 3.57. The molecule has 126 valence electrons. The highest BCUT2D eigenvalue weighted by atomic mass is 14.7. The van der Waals surface area contributed by atoms with E-state index < -0.39 is 0 Å². The van der Waals surface area contributed by atoms with Gasteiger partial charge in [-0.15, -0.1) is 0 Å². The number of nitrogen functional groups attached to an aromatic ring is 2. The maximum atomic E-state index is 6.42. The summed E-state index contributed by atoms with van der Waals surface area (Å²) in [5.41, 5.74) is 20.2. The first-order chi connectivity index (χ1) is 12.7. The Morgan fingerprint density at radius 3 is 1.46 bits per heavy atom. The molecule has 0 bridgehead atoms. The molecule has 0 fully saturated rings. The summed E-state index contributed by atoms with van der Waals surface area (Å²) in [4.78, 5) is 6.48. The smallest absolute Gasteiger partial charge is 0.0633 e. The maximum Gasteiger partial charge on any atom is 0.0633 e. The molecule has 0 aliphatic heterocycles. The Morgan fingerprint density at radius 2 is 1.00 bits per heavy atom. The van der Waals surface area contributed by atoms with Crippen molar-refractivity contribution in [2.45, 2.75) is 0 Å². The zero-order valence-corrected chi connectivity index (χ0v) is 14.1. The van der Waals surface area contributed by atoms with Gasteiger partial charge in [0.05, 0.1) is 11.4 Å². The minimum atomic E-state index is 0.611. The third-order valence-electron chi connectivity index (χ3n) is 5.02. The van der Waals surface area contributed by atoms with Crippen LogP contribution in [-0.4, -0.2) is 9.97 Å². The van der Waals surface area contributed by atoms with Crippen molar-refractivity contribution in [3.8, 4) is 22.3 Å². The second-order valence-corrected chi connectivity index (χ2v) is 6.55. The Kier molecular flexibility index (Phi) is 3.06. The molecular weight excluding hydrogens is 320 g/mol. The number of nitrogens with one attached hydrogen (secondary N) is 2. The van der Waals surface area contributed by atoms with E-state index in [4.69, 9.17) is 11.5 Å². The molecule has 0 amide bonds. The van der Waals surface area contributed by atoms with Gasteiger partial charge in [-0.3, -0.25) is 0 Å². The summed E-state index contributed by atoms with van der Waals surface area (Å²) in [6.45, 7) is 0. The van der Waals surface area contributed by atoms with E-state index in [-0.39, 0.29) is 0 Å². The highest BCUT2D eigenvalue weighted by Gasteiger charge is 2.12. The Hall–Kier alpha value is -3.66. The number of benzene rings is 3. The lowest BCUT2D eigenvalue weighted by Crippen LogP contribution is -2.00. The number of aromatic amines is 2. The summed E-state index contributed by atoms with van der Waals surface area (Å²) < 4.78 is 0. The minimum Gasteiger partial charge on any atom is -0.397 e. The van der Waals surface area contributed by atoms with Crippen LogP contribution in [0.3, 0.4) is 0 Å². The molecule has 0 radical (unpaired) electrons. The highest BCUT2D eigenvalue weighted by Crippen LogP contribution is 2.38. The Labute approximate surface area is 150 Å². The Bertz CT molecular complexity index is 1160. The van der Waals surface area contributed by atoms with Gasteiger partial charge in [0, 0.05) is 34.6 Å². The molecule has 0 aliphatic carbocycles. The van der Waals surface area contributed by atoms with Crippen LogP contribution in [0.15, 0.2) is 73.1 Å². The lowest BCUT2D eigenvalue weighted by Gasteiger charge is -2.14. The molecule has 0 spiro atoms. The fraction of sp³-hybridized carbons (Fsp3) is 0. The first-order valence-electron chi connectivity index (χ1n) is 8.54. The summed E-state index contributed by atoms with van der Waals surface area (Å²) in [6, 6.07) is 20.7. The van der Waals surface area contributed by atoms with Crippen LogP contribution in [0.25, 0.3) is 44.1 Å². The van der Waals surface area contributed by atoms with E-state index in [1.165, 1.54) is 10.8 Å². The Morgan fingerprint density at radius 1 is 0.538 bits per heavy atom. The van der Waals surface area contributed by atoms with Crippen LogP contribution in [-0.2, 0) is 0 Å². The summed E-state index contributed by atoms with van der Waals surface area (Å²) in [6.07, 6.45) is 3.87. The van der Waals surface area contributed by atoms with Gasteiger partial charge in [-0.1, -0.05) is 36.4 Å². The van der Waals surface area contributed by atoms with Crippen LogP contribution >= 0.6 is 0 Å². The van der Waals surface area contributed by atoms with E-state index in [0.717, 1.165) is 33.3 Å². The van der Waals surface area contributed by atoms with Crippen molar-refractivity contribution in [1.29, 1.82) is 0 Å². The van der Waals surface area contributed by atoms with Gasteiger partial charge in [0.15, 0.2) is 0 Å². The van der Waals surface area contributed by atoms with Crippen LogP contribution in [0.4, 0.5) is 11.4 Å². The van der Waals surface area contributed by atoms with Crippen LogP contribution < -0.4 is 11.5 Å². The molecule has 4 nitrogen and oxygen atoms in total. The third kappa shape index (κ3) is 2.16. The number of hydrogen-bond acceptors (Lipinski definition) is 2. The number of aromatic nitrogens is 2. The van der Waals surface area contributed by atoms with E-state index in [1.807, 2.05) is 24.5 Å². The van der Waals surface area contributed by atoms with Gasteiger partial charge in [-0.2, -0.15) is 0 Å². The number of nitrogens with two attached hydrogens (primary N) is 2. The molecule has 5 aromatic rings. The molecule has 0 saturated heterocycles. The van der Waals surface area contributed by atoms with Crippen molar-refractivity contribution < 1.29 is 0 Å². The van der Waals surface area contributed by atoms with Gasteiger partial charge >= 0.3 is 0 Å². The van der Waals surface area contributed by atoms with E-state index in [9.17, 15) is 0 Å². The molecule has 3 aromatic carbocycles. The largest absolute Gasteiger partial charge is 0.397 e. The average molecular weight is 338 g/mol. The number of anilines is 2. The summed E-state index contributed by atoms with van der Waals surface area (Å²) in [5.74, 6) is 0. The summed E-state index contributed by atoms with van der Waals surface area (Å²) >= 11 is 0. The molecule has 6 N–H and O–H groups in total. The maximum absolute atomic E-state index is 6.42. The van der Waals surface area contributed by atoms with Crippen LogP contribution in [0, 0.1) is 0 Å². The van der Waals surface area contributed by atoms with Crippen molar-refractivity contribution in [3.05, 3.63) is 73.1 Å². The summed E-state index contributed by atoms with van der Waals surface area (Å²) in [5, 5.41) is 2.35. The van der Waals surface area contributed by atoms with Crippen LogP contribution in [0.5, 0.6) is 0 Å².